The van der Waals surface area contributed by atoms with Crippen LogP contribution in [0.2, 0.25) is 0 Å². The Labute approximate surface area is 117 Å². The molecule has 2 aromatic carbocycles. The molecule has 0 fully saturated rings. The van der Waals surface area contributed by atoms with Crippen molar-refractivity contribution in [3.63, 3.8) is 0 Å². The highest BCUT2D eigenvalue weighted by atomic mass is 14.3. The fraction of sp³-hybridized carbons (Fsp3) is 0.368. The maximum Gasteiger partial charge on any atom is 0.0138 e. The Bertz CT molecular complexity index is 513. The van der Waals surface area contributed by atoms with Crippen molar-refractivity contribution in [3.8, 4) is 0 Å². The molecular formula is C19H24. The fourth-order valence-corrected chi connectivity index (χ4v) is 2.89. The van der Waals surface area contributed by atoms with E-state index in [9.17, 15) is 0 Å². The van der Waals surface area contributed by atoms with Crippen LogP contribution < -0.4 is 0 Å². The predicted molar refractivity (Wildman–Crippen MR) is 83.7 cm³/mol. The molecule has 0 amide bonds. The van der Waals surface area contributed by atoms with Crippen LogP contribution in [0.4, 0.5) is 0 Å². The minimum atomic E-state index is 0.210. The largest absolute Gasteiger partial charge is 0.0617 e. The summed E-state index contributed by atoms with van der Waals surface area (Å²) >= 11 is 0. The molecule has 0 aliphatic rings. The highest BCUT2D eigenvalue weighted by Crippen LogP contribution is 2.40. The molecule has 0 unspecified atom stereocenters. The lowest BCUT2D eigenvalue weighted by atomic mass is 9.72. The first-order valence-electron chi connectivity index (χ1n) is 7.01. The van der Waals surface area contributed by atoms with Crippen LogP contribution in [0.25, 0.3) is 0 Å². The van der Waals surface area contributed by atoms with Crippen molar-refractivity contribution in [1.82, 2.24) is 0 Å². The van der Waals surface area contributed by atoms with Crippen LogP contribution >= 0.6 is 0 Å². The normalized spacial score (nSPS) is 11.9. The van der Waals surface area contributed by atoms with E-state index in [4.69, 9.17) is 0 Å². The molecule has 2 rings (SSSR count). The standard InChI is InChI=1S/C19H24/c1-14-8-6-10-16(12-14)18(19(3,4)5)17-11-7-9-15(2)13-17/h6-13,18H,1-5H3. The summed E-state index contributed by atoms with van der Waals surface area (Å²) in [6.45, 7) is 11.3. The van der Waals surface area contributed by atoms with Crippen LogP contribution in [-0.2, 0) is 0 Å². The number of benzene rings is 2. The molecule has 0 heterocycles. The van der Waals surface area contributed by atoms with Crippen molar-refractivity contribution in [2.45, 2.75) is 40.5 Å². The molecule has 0 saturated carbocycles. The maximum atomic E-state index is 2.32. The van der Waals surface area contributed by atoms with Crippen LogP contribution in [0, 0.1) is 19.3 Å². The lowest BCUT2D eigenvalue weighted by molar-refractivity contribution is 0.358. The monoisotopic (exact) mass is 252 g/mol. The van der Waals surface area contributed by atoms with Gasteiger partial charge in [-0.15, -0.1) is 0 Å². The van der Waals surface area contributed by atoms with Crippen LogP contribution in [0.1, 0.15) is 48.9 Å². The highest BCUT2D eigenvalue weighted by molar-refractivity contribution is 5.37. The van der Waals surface area contributed by atoms with E-state index in [0.29, 0.717) is 5.92 Å². The molecule has 0 radical (unpaired) electrons. The third-order valence-electron chi connectivity index (χ3n) is 3.62. The van der Waals surface area contributed by atoms with Crippen LogP contribution in [0.15, 0.2) is 48.5 Å². The molecule has 0 nitrogen and oxygen atoms in total. The van der Waals surface area contributed by atoms with Gasteiger partial charge in [-0.3, -0.25) is 0 Å². The first kappa shape index (κ1) is 13.9. The lowest BCUT2D eigenvalue weighted by Crippen LogP contribution is -2.19. The van der Waals surface area contributed by atoms with Crippen LogP contribution in [-0.4, -0.2) is 0 Å². The third-order valence-corrected chi connectivity index (χ3v) is 3.62. The van der Waals surface area contributed by atoms with Crippen molar-refractivity contribution in [2.75, 3.05) is 0 Å². The van der Waals surface area contributed by atoms with Crippen molar-refractivity contribution in [3.05, 3.63) is 70.8 Å². The van der Waals surface area contributed by atoms with Gasteiger partial charge in [-0.2, -0.15) is 0 Å². The van der Waals surface area contributed by atoms with E-state index >= 15 is 0 Å². The van der Waals surface area contributed by atoms with Crippen LogP contribution in [0.5, 0.6) is 0 Å². The van der Waals surface area contributed by atoms with Crippen molar-refractivity contribution in [2.24, 2.45) is 5.41 Å². The Morgan fingerprint density at radius 2 is 1.16 bits per heavy atom. The molecule has 0 bridgehead atoms. The first-order chi connectivity index (χ1) is 8.88. The predicted octanol–water partition coefficient (Wildman–Crippen LogP) is 5.48. The van der Waals surface area contributed by atoms with E-state index < -0.39 is 0 Å². The van der Waals surface area contributed by atoms with E-state index in [-0.39, 0.29) is 5.41 Å². The van der Waals surface area contributed by atoms with Gasteiger partial charge in [0, 0.05) is 5.92 Å². The Hall–Kier alpha value is -1.56. The first-order valence-corrected chi connectivity index (χ1v) is 7.01. The van der Waals surface area contributed by atoms with Gasteiger partial charge in [0.2, 0.25) is 0 Å². The molecule has 100 valence electrons. The Morgan fingerprint density at radius 3 is 1.47 bits per heavy atom. The van der Waals surface area contributed by atoms with Gasteiger partial charge < -0.3 is 0 Å². The highest BCUT2D eigenvalue weighted by Gasteiger charge is 2.27. The average molecular weight is 252 g/mol. The molecule has 0 aliphatic heterocycles. The van der Waals surface area contributed by atoms with Gasteiger partial charge >= 0.3 is 0 Å². The number of rotatable bonds is 2. The summed E-state index contributed by atoms with van der Waals surface area (Å²) in [5, 5.41) is 0. The van der Waals surface area contributed by atoms with Gasteiger partial charge in [0.15, 0.2) is 0 Å². The van der Waals surface area contributed by atoms with E-state index in [1.54, 1.807) is 0 Å². The lowest BCUT2D eigenvalue weighted by Gasteiger charge is -2.32. The SMILES string of the molecule is Cc1cccc(C(c2cccc(C)c2)C(C)(C)C)c1. The van der Waals surface area contributed by atoms with E-state index in [1.807, 2.05) is 0 Å². The summed E-state index contributed by atoms with van der Waals surface area (Å²) in [5.74, 6) is 0.437. The summed E-state index contributed by atoms with van der Waals surface area (Å²) < 4.78 is 0. The topological polar surface area (TPSA) is 0 Å². The number of hydrogen-bond acceptors (Lipinski definition) is 0. The zero-order valence-electron chi connectivity index (χ0n) is 12.7. The molecule has 0 spiro atoms. The summed E-state index contributed by atoms with van der Waals surface area (Å²) in [6, 6.07) is 17.8. The summed E-state index contributed by atoms with van der Waals surface area (Å²) in [4.78, 5) is 0. The van der Waals surface area contributed by atoms with Gasteiger partial charge in [-0.25, -0.2) is 0 Å². The fourth-order valence-electron chi connectivity index (χ4n) is 2.89. The summed E-state index contributed by atoms with van der Waals surface area (Å²) in [5.41, 5.74) is 5.71. The van der Waals surface area contributed by atoms with Gasteiger partial charge in [-0.1, -0.05) is 80.4 Å². The third kappa shape index (κ3) is 3.26. The molecule has 0 atom stereocenters. The molecular weight excluding hydrogens is 228 g/mol. The zero-order valence-corrected chi connectivity index (χ0v) is 12.7. The van der Waals surface area contributed by atoms with Gasteiger partial charge in [0.25, 0.3) is 0 Å². The van der Waals surface area contributed by atoms with Crippen molar-refractivity contribution >= 4 is 0 Å². The molecule has 0 aliphatic carbocycles. The van der Waals surface area contributed by atoms with Crippen molar-refractivity contribution < 1.29 is 0 Å². The second kappa shape index (κ2) is 5.21. The summed E-state index contributed by atoms with van der Waals surface area (Å²) in [6.07, 6.45) is 0. The smallest absolute Gasteiger partial charge is 0.0138 e. The molecule has 19 heavy (non-hydrogen) atoms. The minimum Gasteiger partial charge on any atom is -0.0617 e. The summed E-state index contributed by atoms with van der Waals surface area (Å²) in [7, 11) is 0. The number of aryl methyl sites for hydroxylation is 2. The van der Waals surface area contributed by atoms with E-state index in [2.05, 4.69) is 83.1 Å². The maximum absolute atomic E-state index is 2.32. The van der Waals surface area contributed by atoms with E-state index in [1.165, 1.54) is 22.3 Å². The molecule has 0 saturated heterocycles. The number of hydrogen-bond donors (Lipinski definition) is 0. The van der Waals surface area contributed by atoms with Gasteiger partial charge in [-0.05, 0) is 30.4 Å². The second-order valence-electron chi connectivity index (χ2n) is 6.63. The molecule has 2 aromatic rings. The zero-order chi connectivity index (χ0) is 14.0. The molecule has 0 heteroatoms. The second-order valence-corrected chi connectivity index (χ2v) is 6.63. The quantitative estimate of drug-likeness (QED) is 0.663. The van der Waals surface area contributed by atoms with E-state index in [0.717, 1.165) is 0 Å². The Kier molecular flexibility index (Phi) is 3.80. The van der Waals surface area contributed by atoms with Crippen molar-refractivity contribution in [1.29, 1.82) is 0 Å². The minimum absolute atomic E-state index is 0.210. The van der Waals surface area contributed by atoms with Gasteiger partial charge in [0.1, 0.15) is 0 Å². The molecule has 0 N–H and O–H groups in total. The Morgan fingerprint density at radius 1 is 0.737 bits per heavy atom. The van der Waals surface area contributed by atoms with Crippen LogP contribution in [0.3, 0.4) is 0 Å². The molecule has 0 aromatic heterocycles. The van der Waals surface area contributed by atoms with Gasteiger partial charge in [0.05, 0.1) is 0 Å². The Balaban J connectivity index is 2.54. The average Bonchev–Trinajstić information content (AvgIpc) is 2.27.